The Bertz CT molecular complexity index is 477. The Kier molecular flexibility index (Phi) is 4.16. The van der Waals surface area contributed by atoms with E-state index in [1.54, 1.807) is 6.33 Å². The molecule has 1 aromatic rings. The van der Waals surface area contributed by atoms with Crippen molar-refractivity contribution in [2.24, 2.45) is 17.8 Å². The molecule has 3 unspecified atom stereocenters. The fourth-order valence-electron chi connectivity index (χ4n) is 4.21. The van der Waals surface area contributed by atoms with E-state index in [1.807, 2.05) is 0 Å². The van der Waals surface area contributed by atoms with Crippen molar-refractivity contribution in [2.75, 3.05) is 18.5 Å². The van der Waals surface area contributed by atoms with E-state index in [4.69, 9.17) is 11.6 Å². The minimum atomic E-state index is 0.622. The van der Waals surface area contributed by atoms with Gasteiger partial charge in [-0.3, -0.25) is 0 Å². The zero-order valence-corrected chi connectivity index (χ0v) is 13.2. The molecule has 2 bridgehead atoms. The summed E-state index contributed by atoms with van der Waals surface area (Å²) in [5.41, 5.74) is 1.11. The summed E-state index contributed by atoms with van der Waals surface area (Å²) >= 11 is 6.25. The zero-order chi connectivity index (χ0) is 14.1. The van der Waals surface area contributed by atoms with Crippen LogP contribution >= 0.6 is 11.6 Å². The molecule has 0 amide bonds. The molecule has 0 saturated heterocycles. The number of aromatic nitrogens is 2. The minimum absolute atomic E-state index is 0.622. The van der Waals surface area contributed by atoms with Crippen LogP contribution in [0.4, 0.5) is 5.82 Å². The normalized spacial score (nSPS) is 28.1. The van der Waals surface area contributed by atoms with E-state index < -0.39 is 0 Å². The summed E-state index contributed by atoms with van der Waals surface area (Å²) in [4.78, 5) is 10.9. The van der Waals surface area contributed by atoms with E-state index in [1.165, 1.54) is 25.7 Å². The predicted octanol–water partition coefficient (Wildman–Crippen LogP) is 3.95. The van der Waals surface area contributed by atoms with Gasteiger partial charge in [0.15, 0.2) is 0 Å². The van der Waals surface area contributed by atoms with Gasteiger partial charge >= 0.3 is 0 Å². The molecule has 0 radical (unpaired) electrons. The van der Waals surface area contributed by atoms with Crippen LogP contribution in [0.1, 0.15) is 44.6 Å². The molecule has 0 aromatic carbocycles. The summed E-state index contributed by atoms with van der Waals surface area (Å²) in [6.07, 6.45) is 9.40. The molecule has 3 atom stereocenters. The van der Waals surface area contributed by atoms with Crippen molar-refractivity contribution in [3.05, 3.63) is 17.0 Å². The van der Waals surface area contributed by atoms with Crippen molar-refractivity contribution < 1.29 is 0 Å². The monoisotopic (exact) mass is 293 g/mol. The van der Waals surface area contributed by atoms with Gasteiger partial charge in [-0.15, -0.1) is 0 Å². The van der Waals surface area contributed by atoms with Gasteiger partial charge in [0.25, 0.3) is 0 Å². The smallest absolute Gasteiger partial charge is 0.137 e. The van der Waals surface area contributed by atoms with Crippen molar-refractivity contribution in [1.29, 1.82) is 0 Å². The summed E-state index contributed by atoms with van der Waals surface area (Å²) in [5.74, 6) is 3.84. The van der Waals surface area contributed by atoms with Gasteiger partial charge < -0.3 is 4.90 Å². The second-order valence-corrected chi connectivity index (χ2v) is 6.89. The van der Waals surface area contributed by atoms with Gasteiger partial charge in [-0.1, -0.05) is 31.4 Å². The van der Waals surface area contributed by atoms with Crippen LogP contribution in [0.25, 0.3) is 0 Å². The van der Waals surface area contributed by atoms with Crippen LogP contribution in [0.2, 0.25) is 5.15 Å². The van der Waals surface area contributed by atoms with Crippen molar-refractivity contribution in [1.82, 2.24) is 9.97 Å². The van der Waals surface area contributed by atoms with Crippen molar-refractivity contribution >= 4 is 17.4 Å². The Hall–Kier alpha value is -0.830. The van der Waals surface area contributed by atoms with Crippen LogP contribution in [-0.4, -0.2) is 23.6 Å². The maximum atomic E-state index is 6.25. The molecule has 3 nitrogen and oxygen atoms in total. The molecule has 110 valence electrons. The van der Waals surface area contributed by atoms with Gasteiger partial charge in [0, 0.05) is 19.2 Å². The lowest BCUT2D eigenvalue weighted by molar-refractivity contribution is 0.337. The molecule has 2 fully saturated rings. The maximum Gasteiger partial charge on any atom is 0.137 e. The summed E-state index contributed by atoms with van der Waals surface area (Å²) in [5, 5.41) is 0.622. The Morgan fingerprint density at radius 2 is 2.15 bits per heavy atom. The molecule has 4 heteroatoms. The third-order valence-corrected chi connectivity index (χ3v) is 5.45. The minimum Gasteiger partial charge on any atom is -0.359 e. The lowest BCUT2D eigenvalue weighted by atomic mass is 9.88. The molecule has 0 spiro atoms. The van der Waals surface area contributed by atoms with E-state index in [-0.39, 0.29) is 0 Å². The molecular weight excluding hydrogens is 270 g/mol. The van der Waals surface area contributed by atoms with E-state index in [2.05, 4.69) is 28.8 Å². The molecule has 0 aliphatic heterocycles. The Balaban J connectivity index is 1.73. The first-order valence-electron chi connectivity index (χ1n) is 7.89. The van der Waals surface area contributed by atoms with Gasteiger partial charge in [0.1, 0.15) is 17.3 Å². The van der Waals surface area contributed by atoms with E-state index in [0.717, 1.165) is 48.5 Å². The number of nitrogens with zero attached hydrogens (tertiary/aromatic N) is 3. The summed E-state index contributed by atoms with van der Waals surface area (Å²) < 4.78 is 0. The number of hydrogen-bond acceptors (Lipinski definition) is 3. The van der Waals surface area contributed by atoms with Crippen LogP contribution in [0.5, 0.6) is 0 Å². The van der Waals surface area contributed by atoms with E-state index >= 15 is 0 Å². The first-order chi connectivity index (χ1) is 9.69. The van der Waals surface area contributed by atoms with Gasteiger partial charge in [-0.2, -0.15) is 0 Å². The van der Waals surface area contributed by atoms with Crippen LogP contribution in [0, 0.1) is 17.8 Å². The van der Waals surface area contributed by atoms with Crippen molar-refractivity contribution in [3.63, 3.8) is 0 Å². The topological polar surface area (TPSA) is 29.0 Å². The number of halogens is 1. The molecular formula is C16H24ClN3. The van der Waals surface area contributed by atoms with Crippen LogP contribution in [0.15, 0.2) is 6.33 Å². The van der Waals surface area contributed by atoms with Crippen LogP contribution in [0.3, 0.4) is 0 Å². The van der Waals surface area contributed by atoms with Gasteiger partial charge in [0.2, 0.25) is 0 Å². The van der Waals surface area contributed by atoms with Crippen molar-refractivity contribution in [3.8, 4) is 0 Å². The van der Waals surface area contributed by atoms with Crippen molar-refractivity contribution in [2.45, 2.75) is 45.4 Å². The maximum absolute atomic E-state index is 6.25. The van der Waals surface area contributed by atoms with Gasteiger partial charge in [-0.25, -0.2) is 9.97 Å². The third-order valence-electron chi connectivity index (χ3n) is 5.12. The Morgan fingerprint density at radius 3 is 2.80 bits per heavy atom. The summed E-state index contributed by atoms with van der Waals surface area (Å²) in [6.45, 7) is 3.29. The average Bonchev–Trinajstić information content (AvgIpc) is 3.03. The SMILES string of the molecule is CCCc1c(Cl)ncnc1N(C)CC1CC2CCC1C2. The van der Waals surface area contributed by atoms with E-state index in [9.17, 15) is 0 Å². The number of hydrogen-bond donors (Lipinski definition) is 0. The second-order valence-electron chi connectivity index (χ2n) is 6.53. The average molecular weight is 294 g/mol. The fourth-order valence-corrected chi connectivity index (χ4v) is 4.44. The molecule has 0 N–H and O–H groups in total. The third kappa shape index (κ3) is 2.65. The Labute approximate surface area is 126 Å². The van der Waals surface area contributed by atoms with E-state index in [0.29, 0.717) is 5.15 Å². The molecule has 20 heavy (non-hydrogen) atoms. The number of rotatable bonds is 5. The molecule has 2 aliphatic carbocycles. The first kappa shape index (κ1) is 14.1. The lowest BCUT2D eigenvalue weighted by Crippen LogP contribution is -2.30. The number of anilines is 1. The van der Waals surface area contributed by atoms with Crippen LogP contribution in [-0.2, 0) is 6.42 Å². The first-order valence-corrected chi connectivity index (χ1v) is 8.27. The van der Waals surface area contributed by atoms with Crippen LogP contribution < -0.4 is 4.90 Å². The predicted molar refractivity (Wildman–Crippen MR) is 83.2 cm³/mol. The highest BCUT2D eigenvalue weighted by Gasteiger charge is 2.39. The summed E-state index contributed by atoms with van der Waals surface area (Å²) in [7, 11) is 2.16. The fraction of sp³-hybridized carbons (Fsp3) is 0.750. The van der Waals surface area contributed by atoms with Gasteiger partial charge in [0.05, 0.1) is 0 Å². The molecule has 3 rings (SSSR count). The highest BCUT2D eigenvalue weighted by atomic mass is 35.5. The number of fused-ring (bicyclic) bond motifs is 2. The second kappa shape index (κ2) is 5.88. The zero-order valence-electron chi connectivity index (χ0n) is 12.5. The summed E-state index contributed by atoms with van der Waals surface area (Å²) in [6, 6.07) is 0. The largest absolute Gasteiger partial charge is 0.359 e. The van der Waals surface area contributed by atoms with Gasteiger partial charge in [-0.05, 0) is 43.4 Å². The standard InChI is InChI=1S/C16H24ClN3/c1-3-4-14-15(17)18-10-19-16(14)20(2)9-13-8-11-5-6-12(13)7-11/h10-13H,3-9H2,1-2H3. The molecule has 2 saturated carbocycles. The highest BCUT2D eigenvalue weighted by molar-refractivity contribution is 6.30. The molecule has 2 aliphatic rings. The highest BCUT2D eigenvalue weighted by Crippen LogP contribution is 2.48. The molecule has 1 heterocycles. The quantitative estimate of drug-likeness (QED) is 0.770. The Morgan fingerprint density at radius 1 is 1.30 bits per heavy atom. The molecule has 1 aromatic heterocycles. The lowest BCUT2D eigenvalue weighted by Gasteiger charge is -2.29.